The lowest BCUT2D eigenvalue weighted by atomic mass is 10.0. The number of rotatable bonds is 4. The summed E-state index contributed by atoms with van der Waals surface area (Å²) in [7, 11) is 1.90. The van der Waals surface area contributed by atoms with E-state index in [-0.39, 0.29) is 6.04 Å². The molecule has 3 N–H and O–H groups in total. The van der Waals surface area contributed by atoms with Crippen LogP contribution in [0, 0.1) is 3.57 Å². The fourth-order valence-electron chi connectivity index (χ4n) is 1.82. The summed E-state index contributed by atoms with van der Waals surface area (Å²) >= 11 is 8.32. The van der Waals surface area contributed by atoms with Gasteiger partial charge in [0.2, 0.25) is 0 Å². The molecule has 0 saturated carbocycles. The van der Waals surface area contributed by atoms with Gasteiger partial charge >= 0.3 is 0 Å². The Bertz CT molecular complexity index is 541. The van der Waals surface area contributed by atoms with E-state index in [4.69, 9.17) is 17.4 Å². The van der Waals surface area contributed by atoms with Gasteiger partial charge in [-0.15, -0.1) is 0 Å². The molecule has 6 heteroatoms. The third-order valence-electron chi connectivity index (χ3n) is 2.72. The quantitative estimate of drug-likeness (QED) is 0.489. The average molecular weight is 377 g/mol. The van der Waals surface area contributed by atoms with Gasteiger partial charge in [-0.3, -0.25) is 16.0 Å². The van der Waals surface area contributed by atoms with Gasteiger partial charge in [0.15, 0.2) is 0 Å². The summed E-state index contributed by atoms with van der Waals surface area (Å²) in [5, 5.41) is 5.08. The lowest BCUT2D eigenvalue weighted by molar-refractivity contribution is 0.539. The Morgan fingerprint density at radius 1 is 1.50 bits per heavy atom. The van der Waals surface area contributed by atoms with Crippen molar-refractivity contribution in [3.8, 4) is 0 Å². The van der Waals surface area contributed by atoms with E-state index in [0.717, 1.165) is 21.2 Å². The number of nitrogens with one attached hydrogen (secondary N) is 1. The maximum Gasteiger partial charge on any atom is 0.0643 e. The van der Waals surface area contributed by atoms with Gasteiger partial charge in [-0.25, -0.2) is 0 Å². The summed E-state index contributed by atoms with van der Waals surface area (Å²) in [6.45, 7) is 0. The van der Waals surface area contributed by atoms with Gasteiger partial charge in [0, 0.05) is 28.3 Å². The van der Waals surface area contributed by atoms with Crippen LogP contribution in [0.15, 0.2) is 30.5 Å². The molecule has 0 aliphatic heterocycles. The van der Waals surface area contributed by atoms with E-state index in [1.54, 1.807) is 4.68 Å². The maximum absolute atomic E-state index is 6.03. The second-order valence-electron chi connectivity index (χ2n) is 4.07. The molecule has 1 heterocycles. The number of aryl methyl sites for hydroxylation is 1. The first-order chi connectivity index (χ1) is 8.60. The predicted molar refractivity (Wildman–Crippen MR) is 81.1 cm³/mol. The van der Waals surface area contributed by atoms with Gasteiger partial charge in [-0.2, -0.15) is 5.10 Å². The minimum Gasteiger partial charge on any atom is -0.276 e. The number of halogens is 2. The molecule has 18 heavy (non-hydrogen) atoms. The Hall–Kier alpha value is -0.630. The van der Waals surface area contributed by atoms with Gasteiger partial charge in [-0.1, -0.05) is 11.6 Å². The molecule has 1 atom stereocenters. The van der Waals surface area contributed by atoms with E-state index in [2.05, 4.69) is 33.1 Å². The van der Waals surface area contributed by atoms with Crippen molar-refractivity contribution in [1.29, 1.82) is 0 Å². The van der Waals surface area contributed by atoms with Gasteiger partial charge < -0.3 is 0 Å². The van der Waals surface area contributed by atoms with E-state index in [1.807, 2.05) is 37.5 Å². The van der Waals surface area contributed by atoms with Gasteiger partial charge in [-0.05, 0) is 52.4 Å². The number of hydrogen-bond donors (Lipinski definition) is 2. The first kappa shape index (κ1) is 13.8. The average Bonchev–Trinajstić information content (AvgIpc) is 2.75. The topological polar surface area (TPSA) is 55.9 Å². The Balaban J connectivity index is 2.25. The van der Waals surface area contributed by atoms with Crippen LogP contribution in [0.2, 0.25) is 5.02 Å². The van der Waals surface area contributed by atoms with E-state index in [0.29, 0.717) is 5.02 Å². The Morgan fingerprint density at radius 3 is 2.89 bits per heavy atom. The monoisotopic (exact) mass is 376 g/mol. The molecule has 1 aromatic heterocycles. The lowest BCUT2D eigenvalue weighted by Gasteiger charge is -2.17. The number of aromatic nitrogens is 2. The van der Waals surface area contributed by atoms with E-state index in [9.17, 15) is 0 Å². The standard InChI is InChI=1S/C12H14ClIN4/c1-18-5-4-9(17-18)7-12(16-15)10-6-8(13)2-3-11(10)14/h2-6,12,16H,7,15H2,1H3. The SMILES string of the molecule is Cn1ccc(CC(NN)c2cc(Cl)ccc2I)n1. The van der Waals surface area contributed by atoms with Crippen molar-refractivity contribution in [1.82, 2.24) is 15.2 Å². The van der Waals surface area contributed by atoms with Crippen molar-refractivity contribution >= 4 is 34.2 Å². The molecule has 4 nitrogen and oxygen atoms in total. The number of hydrogen-bond acceptors (Lipinski definition) is 3. The zero-order valence-corrected chi connectivity index (χ0v) is 12.8. The van der Waals surface area contributed by atoms with Crippen LogP contribution in [-0.4, -0.2) is 9.78 Å². The minimum absolute atomic E-state index is 0.00509. The molecule has 2 aromatic rings. The second-order valence-corrected chi connectivity index (χ2v) is 5.67. The summed E-state index contributed by atoms with van der Waals surface area (Å²) in [6.07, 6.45) is 2.65. The Kier molecular flexibility index (Phi) is 4.60. The smallest absolute Gasteiger partial charge is 0.0643 e. The second kappa shape index (κ2) is 6.01. The van der Waals surface area contributed by atoms with Crippen LogP contribution in [0.5, 0.6) is 0 Å². The molecule has 1 unspecified atom stereocenters. The number of nitrogens with zero attached hydrogens (tertiary/aromatic N) is 2. The number of nitrogens with two attached hydrogens (primary N) is 1. The lowest BCUT2D eigenvalue weighted by Crippen LogP contribution is -2.30. The van der Waals surface area contributed by atoms with Crippen molar-refractivity contribution in [2.45, 2.75) is 12.5 Å². The highest BCUT2D eigenvalue weighted by atomic mass is 127. The van der Waals surface area contributed by atoms with Crippen molar-refractivity contribution in [2.24, 2.45) is 12.9 Å². The first-order valence-corrected chi connectivity index (χ1v) is 6.95. The molecule has 1 aromatic carbocycles. The molecule has 0 spiro atoms. The molecule has 0 aliphatic carbocycles. The van der Waals surface area contributed by atoms with Crippen LogP contribution in [0.4, 0.5) is 0 Å². The molecule has 0 aliphatic rings. The fraction of sp³-hybridized carbons (Fsp3) is 0.250. The molecular formula is C12H14ClIN4. The van der Waals surface area contributed by atoms with Crippen LogP contribution >= 0.6 is 34.2 Å². The third-order valence-corrected chi connectivity index (χ3v) is 3.93. The van der Waals surface area contributed by atoms with Crippen LogP contribution in [0.25, 0.3) is 0 Å². The summed E-state index contributed by atoms with van der Waals surface area (Å²) in [6, 6.07) is 7.80. The zero-order chi connectivity index (χ0) is 13.1. The van der Waals surface area contributed by atoms with Crippen LogP contribution < -0.4 is 11.3 Å². The van der Waals surface area contributed by atoms with Crippen LogP contribution in [0.1, 0.15) is 17.3 Å². The van der Waals surface area contributed by atoms with E-state index < -0.39 is 0 Å². The molecule has 0 amide bonds. The van der Waals surface area contributed by atoms with Gasteiger partial charge in [0.25, 0.3) is 0 Å². The van der Waals surface area contributed by atoms with Crippen molar-refractivity contribution in [2.75, 3.05) is 0 Å². The van der Waals surface area contributed by atoms with Crippen molar-refractivity contribution in [3.05, 3.63) is 50.3 Å². The molecule has 0 radical (unpaired) electrons. The summed E-state index contributed by atoms with van der Waals surface area (Å²) in [5.74, 6) is 5.65. The normalized spacial score (nSPS) is 12.7. The third kappa shape index (κ3) is 3.23. The fourth-order valence-corrected chi connectivity index (χ4v) is 2.71. The molecule has 0 saturated heterocycles. The van der Waals surface area contributed by atoms with E-state index in [1.165, 1.54) is 0 Å². The predicted octanol–water partition coefficient (Wildman–Crippen LogP) is 2.43. The minimum atomic E-state index is 0.00509. The van der Waals surface area contributed by atoms with Gasteiger partial charge in [0.1, 0.15) is 0 Å². The Morgan fingerprint density at radius 2 is 2.28 bits per heavy atom. The molecule has 0 bridgehead atoms. The van der Waals surface area contributed by atoms with Gasteiger partial charge in [0.05, 0.1) is 11.7 Å². The molecular weight excluding hydrogens is 363 g/mol. The van der Waals surface area contributed by atoms with Crippen molar-refractivity contribution in [3.63, 3.8) is 0 Å². The zero-order valence-electron chi connectivity index (χ0n) is 9.90. The summed E-state index contributed by atoms with van der Waals surface area (Å²) in [5.41, 5.74) is 4.92. The first-order valence-electron chi connectivity index (χ1n) is 5.49. The highest BCUT2D eigenvalue weighted by molar-refractivity contribution is 14.1. The Labute approximate surface area is 125 Å². The van der Waals surface area contributed by atoms with Crippen LogP contribution in [-0.2, 0) is 13.5 Å². The highest BCUT2D eigenvalue weighted by Crippen LogP contribution is 2.25. The van der Waals surface area contributed by atoms with E-state index >= 15 is 0 Å². The molecule has 2 rings (SSSR count). The largest absolute Gasteiger partial charge is 0.276 e. The number of benzene rings is 1. The van der Waals surface area contributed by atoms with Crippen molar-refractivity contribution < 1.29 is 0 Å². The summed E-state index contributed by atoms with van der Waals surface area (Å²) in [4.78, 5) is 0. The summed E-state index contributed by atoms with van der Waals surface area (Å²) < 4.78 is 2.92. The van der Waals surface area contributed by atoms with Crippen LogP contribution in [0.3, 0.4) is 0 Å². The molecule has 0 fully saturated rings. The maximum atomic E-state index is 6.03. The molecule has 96 valence electrons. The number of hydrazine groups is 1. The highest BCUT2D eigenvalue weighted by Gasteiger charge is 2.15.